The fourth-order valence-electron chi connectivity index (χ4n) is 4.94. The van der Waals surface area contributed by atoms with E-state index in [2.05, 4.69) is 5.32 Å². The van der Waals surface area contributed by atoms with Gasteiger partial charge in [-0.1, -0.05) is 73.9 Å². The molecule has 38 heavy (non-hydrogen) atoms. The molecule has 1 unspecified atom stereocenters. The van der Waals surface area contributed by atoms with Gasteiger partial charge in [-0.2, -0.15) is 0 Å². The summed E-state index contributed by atoms with van der Waals surface area (Å²) >= 11 is 0. The average Bonchev–Trinajstić information content (AvgIpc) is 2.93. The van der Waals surface area contributed by atoms with Crippen LogP contribution in [0.25, 0.3) is 0 Å². The summed E-state index contributed by atoms with van der Waals surface area (Å²) in [7, 11) is 0. The van der Waals surface area contributed by atoms with Gasteiger partial charge >= 0.3 is 0 Å². The number of hydrogen-bond donors (Lipinski definition) is 1. The van der Waals surface area contributed by atoms with Gasteiger partial charge in [0.05, 0.1) is 0 Å². The first kappa shape index (κ1) is 27.4. The first-order valence-corrected chi connectivity index (χ1v) is 13.5. The molecule has 1 aliphatic carbocycles. The Morgan fingerprint density at radius 2 is 1.66 bits per heavy atom. The third-order valence-corrected chi connectivity index (χ3v) is 7.36. The van der Waals surface area contributed by atoms with Crippen molar-refractivity contribution in [2.45, 2.75) is 71.0 Å². The first-order valence-electron chi connectivity index (χ1n) is 13.5. The minimum absolute atomic E-state index is 0.0304. The smallest absolute Gasteiger partial charge is 0.261 e. The minimum Gasteiger partial charge on any atom is -0.484 e. The van der Waals surface area contributed by atoms with Gasteiger partial charge in [-0.3, -0.25) is 9.59 Å². The van der Waals surface area contributed by atoms with Crippen LogP contribution in [0.15, 0.2) is 72.8 Å². The van der Waals surface area contributed by atoms with Crippen LogP contribution in [0.3, 0.4) is 0 Å². The van der Waals surface area contributed by atoms with Gasteiger partial charge in [0.15, 0.2) is 6.61 Å². The number of aryl methyl sites for hydroxylation is 2. The molecule has 1 atom stereocenters. The van der Waals surface area contributed by atoms with Crippen LogP contribution in [0.4, 0.5) is 4.39 Å². The molecule has 2 amide bonds. The van der Waals surface area contributed by atoms with Gasteiger partial charge in [-0.25, -0.2) is 4.39 Å². The van der Waals surface area contributed by atoms with Crippen molar-refractivity contribution in [1.82, 2.24) is 10.2 Å². The van der Waals surface area contributed by atoms with Crippen LogP contribution in [0.2, 0.25) is 0 Å². The van der Waals surface area contributed by atoms with Crippen molar-refractivity contribution in [3.63, 3.8) is 0 Å². The predicted octanol–water partition coefficient (Wildman–Crippen LogP) is 5.91. The highest BCUT2D eigenvalue weighted by Gasteiger charge is 2.32. The third-order valence-electron chi connectivity index (χ3n) is 7.36. The van der Waals surface area contributed by atoms with Gasteiger partial charge < -0.3 is 15.0 Å². The number of hydrogen-bond acceptors (Lipinski definition) is 3. The molecule has 5 nitrogen and oxygen atoms in total. The zero-order valence-electron chi connectivity index (χ0n) is 22.3. The number of ether oxygens (including phenoxy) is 1. The number of amides is 2. The second-order valence-electron chi connectivity index (χ2n) is 10.2. The maximum Gasteiger partial charge on any atom is 0.261 e. The van der Waals surface area contributed by atoms with Gasteiger partial charge in [0.25, 0.3) is 5.91 Å². The van der Waals surface area contributed by atoms with E-state index >= 15 is 0 Å². The number of benzene rings is 3. The van der Waals surface area contributed by atoms with Gasteiger partial charge in [-0.15, -0.1) is 0 Å². The summed E-state index contributed by atoms with van der Waals surface area (Å²) in [5, 5.41) is 3.20. The highest BCUT2D eigenvalue weighted by Crippen LogP contribution is 2.21. The van der Waals surface area contributed by atoms with E-state index in [9.17, 15) is 14.0 Å². The second kappa shape index (κ2) is 13.2. The van der Waals surface area contributed by atoms with Crippen molar-refractivity contribution in [2.75, 3.05) is 6.61 Å². The Hall–Kier alpha value is -3.67. The van der Waals surface area contributed by atoms with E-state index in [0.29, 0.717) is 17.7 Å². The van der Waals surface area contributed by atoms with Crippen LogP contribution < -0.4 is 10.1 Å². The maximum absolute atomic E-state index is 14.7. The molecule has 1 fully saturated rings. The number of rotatable bonds is 10. The summed E-state index contributed by atoms with van der Waals surface area (Å²) in [6.45, 7) is 3.72. The van der Waals surface area contributed by atoms with Gasteiger partial charge in [0.2, 0.25) is 5.91 Å². The maximum atomic E-state index is 14.7. The Morgan fingerprint density at radius 1 is 0.947 bits per heavy atom. The van der Waals surface area contributed by atoms with E-state index in [-0.39, 0.29) is 31.0 Å². The molecule has 200 valence electrons. The quantitative estimate of drug-likeness (QED) is 0.364. The van der Waals surface area contributed by atoms with Crippen molar-refractivity contribution >= 4 is 11.8 Å². The zero-order chi connectivity index (χ0) is 26.9. The van der Waals surface area contributed by atoms with Crippen molar-refractivity contribution in [1.29, 1.82) is 0 Å². The summed E-state index contributed by atoms with van der Waals surface area (Å²) in [5.74, 6) is -0.409. The number of carbonyl (C=O) groups is 2. The van der Waals surface area contributed by atoms with Crippen molar-refractivity contribution < 1.29 is 18.7 Å². The SMILES string of the molecule is Cc1ccc(OCC(=O)N(Cc2ccccc2F)C(Cc2ccccc2)C(=O)NC2CCCCC2)cc1C. The zero-order valence-corrected chi connectivity index (χ0v) is 22.3. The third kappa shape index (κ3) is 7.44. The molecule has 0 radical (unpaired) electrons. The van der Waals surface area contributed by atoms with Crippen molar-refractivity contribution in [3.8, 4) is 5.75 Å². The van der Waals surface area contributed by atoms with Crippen molar-refractivity contribution in [2.24, 2.45) is 0 Å². The molecular weight excluding hydrogens is 479 g/mol. The van der Waals surface area contributed by atoms with E-state index < -0.39 is 11.9 Å². The lowest BCUT2D eigenvalue weighted by Gasteiger charge is -2.33. The van der Waals surface area contributed by atoms with Gasteiger partial charge in [-0.05, 0) is 61.6 Å². The summed E-state index contributed by atoms with van der Waals surface area (Å²) in [6.07, 6.45) is 5.52. The molecule has 1 saturated carbocycles. The molecule has 1 N–H and O–H groups in total. The molecule has 6 heteroatoms. The molecule has 0 heterocycles. The molecule has 0 spiro atoms. The lowest BCUT2D eigenvalue weighted by atomic mass is 9.94. The predicted molar refractivity (Wildman–Crippen MR) is 147 cm³/mol. The van der Waals surface area contributed by atoms with E-state index in [4.69, 9.17) is 4.74 Å². The van der Waals surface area contributed by atoms with Crippen LogP contribution in [0.5, 0.6) is 5.75 Å². The fraction of sp³-hybridized carbons (Fsp3) is 0.375. The van der Waals surface area contributed by atoms with E-state index in [0.717, 1.165) is 42.4 Å². The molecular formula is C32H37FN2O3. The molecule has 4 rings (SSSR count). The summed E-state index contributed by atoms with van der Waals surface area (Å²) in [6, 6.07) is 21.0. The van der Waals surface area contributed by atoms with Crippen LogP contribution in [-0.2, 0) is 22.6 Å². The minimum atomic E-state index is -0.810. The number of nitrogens with one attached hydrogen (secondary N) is 1. The molecule has 0 aliphatic heterocycles. The monoisotopic (exact) mass is 516 g/mol. The summed E-state index contributed by atoms with van der Waals surface area (Å²) < 4.78 is 20.6. The molecule has 1 aliphatic rings. The molecule has 0 aromatic heterocycles. The summed E-state index contributed by atoms with van der Waals surface area (Å²) in [5.41, 5.74) is 3.48. The molecule has 0 saturated heterocycles. The van der Waals surface area contributed by atoms with Gasteiger partial charge in [0.1, 0.15) is 17.6 Å². The molecule has 0 bridgehead atoms. The Balaban J connectivity index is 1.62. The van der Waals surface area contributed by atoms with E-state index in [1.165, 1.54) is 17.4 Å². The second-order valence-corrected chi connectivity index (χ2v) is 10.2. The Kier molecular flexibility index (Phi) is 9.52. The van der Waals surface area contributed by atoms with Crippen molar-refractivity contribution in [3.05, 3.63) is 101 Å². The topological polar surface area (TPSA) is 58.6 Å². The largest absolute Gasteiger partial charge is 0.484 e. The van der Waals surface area contributed by atoms with Crippen LogP contribution >= 0.6 is 0 Å². The summed E-state index contributed by atoms with van der Waals surface area (Å²) in [4.78, 5) is 28.9. The van der Waals surface area contributed by atoms with Crippen LogP contribution in [0, 0.1) is 19.7 Å². The first-order chi connectivity index (χ1) is 18.4. The van der Waals surface area contributed by atoms with E-state index in [1.54, 1.807) is 18.2 Å². The van der Waals surface area contributed by atoms with Crippen LogP contribution in [0.1, 0.15) is 54.4 Å². The lowest BCUT2D eigenvalue weighted by Crippen LogP contribution is -2.53. The average molecular weight is 517 g/mol. The number of halogens is 1. The Morgan fingerprint density at radius 3 is 2.37 bits per heavy atom. The number of nitrogens with zero attached hydrogens (tertiary/aromatic N) is 1. The Bertz CT molecular complexity index is 1220. The molecule has 3 aromatic rings. The normalized spacial score (nSPS) is 14.5. The van der Waals surface area contributed by atoms with Gasteiger partial charge in [0, 0.05) is 24.6 Å². The highest BCUT2D eigenvalue weighted by atomic mass is 19.1. The lowest BCUT2D eigenvalue weighted by molar-refractivity contribution is -0.143. The van der Waals surface area contributed by atoms with Crippen LogP contribution in [-0.4, -0.2) is 35.4 Å². The fourth-order valence-corrected chi connectivity index (χ4v) is 4.94. The Labute approximate surface area is 225 Å². The standard InChI is InChI=1S/C32H37FN2O3/c1-23-17-18-28(19-24(23)2)38-22-31(36)35(21-26-13-9-10-16-29(26)33)30(20-25-11-5-3-6-12-25)32(37)34-27-14-7-4-8-15-27/h3,5-6,9-13,16-19,27,30H,4,7-8,14-15,20-22H2,1-2H3,(H,34,37). The molecule has 3 aromatic carbocycles. The number of carbonyl (C=O) groups excluding carboxylic acids is 2. The highest BCUT2D eigenvalue weighted by molar-refractivity contribution is 5.88. The van der Waals surface area contributed by atoms with E-state index in [1.807, 2.05) is 62.4 Å².